The van der Waals surface area contributed by atoms with Gasteiger partial charge in [0.25, 0.3) is 5.56 Å². The Morgan fingerprint density at radius 2 is 1.97 bits per heavy atom. The minimum atomic E-state index is -0.119. The van der Waals surface area contributed by atoms with E-state index < -0.39 is 0 Å². The van der Waals surface area contributed by atoms with Gasteiger partial charge in [-0.05, 0) is 43.0 Å². The first-order valence-electron chi connectivity index (χ1n) is 11.3. The molecule has 174 valence electrons. The largest absolute Gasteiger partial charge is 0.352 e. The van der Waals surface area contributed by atoms with Crippen LogP contribution < -0.4 is 15.8 Å². The molecule has 34 heavy (non-hydrogen) atoms. The number of aryl methyl sites for hydroxylation is 1. The number of rotatable bonds is 5. The summed E-state index contributed by atoms with van der Waals surface area (Å²) in [5.74, 6) is 0.582. The number of H-pyrrole nitrogens is 1. The van der Waals surface area contributed by atoms with Crippen LogP contribution in [0.2, 0.25) is 5.02 Å². The average molecular weight is 493 g/mol. The molecule has 0 aliphatic carbocycles. The first-order valence-corrected chi connectivity index (χ1v) is 12.6. The molecule has 1 saturated heterocycles. The van der Waals surface area contributed by atoms with Crippen LogP contribution in [0.1, 0.15) is 24.0 Å². The van der Waals surface area contributed by atoms with Gasteiger partial charge in [0, 0.05) is 41.5 Å². The summed E-state index contributed by atoms with van der Waals surface area (Å²) in [5, 5.41) is 5.71. The number of aromatic nitrogens is 2. The van der Waals surface area contributed by atoms with E-state index in [0.29, 0.717) is 48.1 Å². The van der Waals surface area contributed by atoms with Crippen molar-refractivity contribution in [1.29, 1.82) is 0 Å². The minimum absolute atomic E-state index is 0.0528. The Kier molecular flexibility index (Phi) is 6.39. The molecule has 2 aromatic carbocycles. The summed E-state index contributed by atoms with van der Waals surface area (Å²) in [7, 11) is 0. The maximum absolute atomic E-state index is 12.8. The Bertz CT molecular complexity index is 1390. The van der Waals surface area contributed by atoms with Gasteiger partial charge in [-0.3, -0.25) is 14.6 Å². The third-order valence-corrected chi connectivity index (χ3v) is 7.51. The number of hydrogen-bond acceptors (Lipinski definition) is 5. The van der Waals surface area contributed by atoms with Gasteiger partial charge in [-0.15, -0.1) is 11.3 Å². The molecule has 1 fully saturated rings. The molecule has 6 nitrogen and oxygen atoms in total. The minimum Gasteiger partial charge on any atom is -0.352 e. The number of carbonyl (C=O) groups excluding carboxylic acids is 1. The molecule has 0 radical (unpaired) electrons. The van der Waals surface area contributed by atoms with Crippen molar-refractivity contribution in [3.63, 3.8) is 0 Å². The average Bonchev–Trinajstić information content (AvgIpc) is 3.28. The van der Waals surface area contributed by atoms with E-state index in [0.717, 1.165) is 22.2 Å². The van der Waals surface area contributed by atoms with Crippen LogP contribution >= 0.6 is 22.9 Å². The molecule has 1 aliphatic heterocycles. The van der Waals surface area contributed by atoms with Gasteiger partial charge in [0.2, 0.25) is 11.9 Å². The van der Waals surface area contributed by atoms with Gasteiger partial charge in [-0.25, -0.2) is 4.98 Å². The van der Waals surface area contributed by atoms with Crippen molar-refractivity contribution in [3.05, 3.63) is 80.4 Å². The van der Waals surface area contributed by atoms with Crippen molar-refractivity contribution in [3.8, 4) is 11.1 Å². The Balaban J connectivity index is 1.28. The summed E-state index contributed by atoms with van der Waals surface area (Å²) < 4.78 is 0.636. The monoisotopic (exact) mass is 492 g/mol. The zero-order valence-corrected chi connectivity index (χ0v) is 20.4. The summed E-state index contributed by atoms with van der Waals surface area (Å²) in [6, 6.07) is 15.7. The maximum atomic E-state index is 12.8. The number of carbonyl (C=O) groups is 1. The fraction of sp³-hybridized carbons (Fsp3) is 0.269. The lowest BCUT2D eigenvalue weighted by Crippen LogP contribution is -2.41. The number of halogens is 1. The van der Waals surface area contributed by atoms with Crippen LogP contribution in [0.4, 0.5) is 5.95 Å². The summed E-state index contributed by atoms with van der Waals surface area (Å²) in [6.07, 6.45) is 1.42. The zero-order valence-electron chi connectivity index (χ0n) is 18.8. The number of piperidine rings is 1. The first-order chi connectivity index (χ1) is 16.5. The van der Waals surface area contributed by atoms with E-state index in [2.05, 4.69) is 34.3 Å². The van der Waals surface area contributed by atoms with E-state index in [1.807, 2.05) is 41.8 Å². The second-order valence-electron chi connectivity index (χ2n) is 8.69. The summed E-state index contributed by atoms with van der Waals surface area (Å²) in [5.41, 5.74) is 4.84. The highest BCUT2D eigenvalue weighted by molar-refractivity contribution is 7.17. The number of aromatic amines is 1. The van der Waals surface area contributed by atoms with Crippen LogP contribution in [0.15, 0.2) is 58.7 Å². The van der Waals surface area contributed by atoms with Gasteiger partial charge < -0.3 is 10.2 Å². The fourth-order valence-corrected chi connectivity index (χ4v) is 5.41. The van der Waals surface area contributed by atoms with Gasteiger partial charge in [-0.1, -0.05) is 53.6 Å². The molecular weight excluding hydrogens is 468 g/mol. The standard InChI is InChI=1S/C26H25ClN4O2S/c1-16-3-2-4-19(13-16)21-15-34-23-22(21)29-26(30-25(23)33)31-11-9-18(10-12-31)24(32)28-14-17-5-7-20(27)8-6-17/h2-8,13,15,18H,9-12,14H2,1H3,(H,28,32)(H,29,30,33). The molecule has 3 heterocycles. The maximum Gasteiger partial charge on any atom is 0.270 e. The molecule has 4 aromatic rings. The van der Waals surface area contributed by atoms with Crippen LogP contribution in [-0.2, 0) is 11.3 Å². The summed E-state index contributed by atoms with van der Waals surface area (Å²) >= 11 is 7.34. The van der Waals surface area contributed by atoms with Crippen LogP contribution in [0, 0.1) is 12.8 Å². The molecular formula is C26H25ClN4O2S. The Morgan fingerprint density at radius 1 is 1.21 bits per heavy atom. The molecule has 0 bridgehead atoms. The van der Waals surface area contributed by atoms with E-state index in [9.17, 15) is 9.59 Å². The lowest BCUT2D eigenvalue weighted by atomic mass is 9.96. The van der Waals surface area contributed by atoms with Crippen molar-refractivity contribution in [2.45, 2.75) is 26.3 Å². The smallest absolute Gasteiger partial charge is 0.270 e. The Hall–Kier alpha value is -3.16. The normalized spacial score (nSPS) is 14.5. The lowest BCUT2D eigenvalue weighted by Gasteiger charge is -2.31. The van der Waals surface area contributed by atoms with E-state index in [-0.39, 0.29) is 17.4 Å². The van der Waals surface area contributed by atoms with Crippen molar-refractivity contribution < 1.29 is 4.79 Å². The number of nitrogens with zero attached hydrogens (tertiary/aromatic N) is 2. The molecule has 0 saturated carbocycles. The highest BCUT2D eigenvalue weighted by Crippen LogP contribution is 2.32. The van der Waals surface area contributed by atoms with Crippen molar-refractivity contribution in [2.75, 3.05) is 18.0 Å². The number of thiophene rings is 1. The number of amides is 1. The molecule has 5 rings (SSSR count). The molecule has 2 aromatic heterocycles. The highest BCUT2D eigenvalue weighted by Gasteiger charge is 2.26. The molecule has 0 atom stereocenters. The van der Waals surface area contributed by atoms with Gasteiger partial charge in [0.1, 0.15) is 4.70 Å². The SMILES string of the molecule is Cc1cccc(-c2csc3c(=O)[nH]c(N4CCC(C(=O)NCc5ccc(Cl)cc5)CC4)nc23)c1. The van der Waals surface area contributed by atoms with Crippen LogP contribution in [0.3, 0.4) is 0 Å². The third kappa shape index (κ3) is 4.72. The first kappa shape index (κ1) is 22.6. The second-order valence-corrected chi connectivity index (χ2v) is 10.0. The Labute approximate surface area is 206 Å². The Morgan fingerprint density at radius 3 is 2.71 bits per heavy atom. The molecule has 8 heteroatoms. The fourth-order valence-electron chi connectivity index (χ4n) is 4.37. The van der Waals surface area contributed by atoms with Crippen molar-refractivity contribution >= 4 is 45.0 Å². The number of anilines is 1. The van der Waals surface area contributed by atoms with Crippen molar-refractivity contribution in [1.82, 2.24) is 15.3 Å². The van der Waals surface area contributed by atoms with E-state index >= 15 is 0 Å². The second kappa shape index (κ2) is 9.60. The quantitative estimate of drug-likeness (QED) is 0.404. The zero-order chi connectivity index (χ0) is 23.7. The summed E-state index contributed by atoms with van der Waals surface area (Å²) in [6.45, 7) is 3.87. The van der Waals surface area contributed by atoms with E-state index in [1.165, 1.54) is 16.9 Å². The molecule has 0 unspecified atom stereocenters. The van der Waals surface area contributed by atoms with Gasteiger partial charge >= 0.3 is 0 Å². The lowest BCUT2D eigenvalue weighted by molar-refractivity contribution is -0.125. The van der Waals surface area contributed by atoms with E-state index in [1.54, 1.807) is 0 Å². The molecule has 1 amide bonds. The van der Waals surface area contributed by atoms with Crippen LogP contribution in [0.5, 0.6) is 0 Å². The topological polar surface area (TPSA) is 78.1 Å². The predicted octanol–water partition coefficient (Wildman–Crippen LogP) is 5.15. The number of hydrogen-bond donors (Lipinski definition) is 2. The van der Waals surface area contributed by atoms with E-state index in [4.69, 9.17) is 16.6 Å². The van der Waals surface area contributed by atoms with Crippen LogP contribution in [0.25, 0.3) is 21.3 Å². The molecule has 1 aliphatic rings. The number of nitrogens with one attached hydrogen (secondary N) is 2. The number of benzene rings is 2. The predicted molar refractivity (Wildman–Crippen MR) is 139 cm³/mol. The van der Waals surface area contributed by atoms with Gasteiger partial charge in [0.05, 0.1) is 5.52 Å². The van der Waals surface area contributed by atoms with Crippen molar-refractivity contribution in [2.24, 2.45) is 5.92 Å². The van der Waals surface area contributed by atoms with Gasteiger partial charge in [-0.2, -0.15) is 0 Å². The molecule has 2 N–H and O–H groups in total. The van der Waals surface area contributed by atoms with Gasteiger partial charge in [0.15, 0.2) is 0 Å². The van der Waals surface area contributed by atoms with Crippen LogP contribution in [-0.4, -0.2) is 29.0 Å². The highest BCUT2D eigenvalue weighted by atomic mass is 35.5. The summed E-state index contributed by atoms with van der Waals surface area (Å²) in [4.78, 5) is 35.3. The number of fused-ring (bicyclic) bond motifs is 1. The third-order valence-electron chi connectivity index (χ3n) is 6.29. The molecule has 0 spiro atoms.